The molecule has 0 fully saturated rings. The van der Waals surface area contributed by atoms with Crippen LogP contribution in [0, 0.1) is 0 Å². The van der Waals surface area contributed by atoms with Gasteiger partial charge in [0, 0.05) is 11.1 Å². The van der Waals surface area contributed by atoms with Crippen LogP contribution in [0.4, 0.5) is 0 Å². The zero-order valence-corrected chi connectivity index (χ0v) is 13.3. The monoisotopic (exact) mass is 306 g/mol. The van der Waals surface area contributed by atoms with Gasteiger partial charge in [-0.3, -0.25) is 4.79 Å². The average molecular weight is 307 g/mol. The fourth-order valence-corrected chi connectivity index (χ4v) is 2.20. The molecule has 0 aliphatic carbocycles. The van der Waals surface area contributed by atoms with E-state index in [1.54, 1.807) is 16.8 Å². The van der Waals surface area contributed by atoms with Crippen molar-refractivity contribution in [3.63, 3.8) is 0 Å². The van der Waals surface area contributed by atoms with Gasteiger partial charge < -0.3 is 5.32 Å². The van der Waals surface area contributed by atoms with Gasteiger partial charge in [0.2, 0.25) is 0 Å². The lowest BCUT2D eigenvalue weighted by atomic mass is 10.1. The number of benzene rings is 1. The van der Waals surface area contributed by atoms with E-state index in [1.807, 2.05) is 39.8 Å². The number of aromatic nitrogens is 3. The number of nitrogens with zero attached hydrogens (tertiary/aromatic N) is 3. The van der Waals surface area contributed by atoms with Gasteiger partial charge in [0.25, 0.3) is 5.91 Å². The SMILES string of the molecule is CC(C)NC(=O)c1nnn(-c2ccc(Cl)cc2)c1C(C)C. The van der Waals surface area contributed by atoms with Gasteiger partial charge in [-0.25, -0.2) is 4.68 Å². The number of hydrogen-bond donors (Lipinski definition) is 1. The van der Waals surface area contributed by atoms with Gasteiger partial charge in [0.1, 0.15) is 0 Å². The van der Waals surface area contributed by atoms with Crippen molar-refractivity contribution in [1.29, 1.82) is 0 Å². The highest BCUT2D eigenvalue weighted by atomic mass is 35.5. The first kappa shape index (κ1) is 15.5. The second-order valence-electron chi connectivity index (χ2n) is 5.49. The third kappa shape index (κ3) is 3.42. The molecule has 1 heterocycles. The molecule has 5 nitrogen and oxygen atoms in total. The number of nitrogens with one attached hydrogen (secondary N) is 1. The Hall–Kier alpha value is -1.88. The summed E-state index contributed by atoms with van der Waals surface area (Å²) in [6, 6.07) is 7.34. The number of rotatable bonds is 4. The molecule has 0 saturated carbocycles. The van der Waals surface area contributed by atoms with Gasteiger partial charge in [0.15, 0.2) is 5.69 Å². The average Bonchev–Trinajstić information content (AvgIpc) is 2.83. The van der Waals surface area contributed by atoms with Crippen molar-refractivity contribution < 1.29 is 4.79 Å². The quantitative estimate of drug-likeness (QED) is 0.943. The molecule has 0 spiro atoms. The molecule has 6 heteroatoms. The first-order valence-corrected chi connectivity index (χ1v) is 7.30. The Kier molecular flexibility index (Phi) is 4.63. The molecular weight excluding hydrogens is 288 g/mol. The largest absolute Gasteiger partial charge is 0.348 e. The highest BCUT2D eigenvalue weighted by molar-refractivity contribution is 6.30. The Bertz CT molecular complexity index is 632. The van der Waals surface area contributed by atoms with Crippen LogP contribution in [0.1, 0.15) is 49.8 Å². The molecule has 21 heavy (non-hydrogen) atoms. The molecule has 0 aliphatic heterocycles. The molecule has 0 bridgehead atoms. The molecule has 1 aromatic carbocycles. The zero-order valence-electron chi connectivity index (χ0n) is 12.6. The van der Waals surface area contributed by atoms with E-state index in [9.17, 15) is 4.79 Å². The van der Waals surface area contributed by atoms with Crippen LogP contribution in [0.25, 0.3) is 5.69 Å². The molecule has 1 aromatic heterocycles. The van der Waals surface area contributed by atoms with Gasteiger partial charge in [-0.1, -0.05) is 30.7 Å². The molecule has 0 atom stereocenters. The minimum Gasteiger partial charge on any atom is -0.348 e. The van der Waals surface area contributed by atoms with Gasteiger partial charge in [0.05, 0.1) is 11.4 Å². The summed E-state index contributed by atoms with van der Waals surface area (Å²) in [5.74, 6) is -0.0856. The van der Waals surface area contributed by atoms with Crippen LogP contribution in [0.15, 0.2) is 24.3 Å². The number of hydrogen-bond acceptors (Lipinski definition) is 3. The molecule has 0 saturated heterocycles. The molecule has 2 aromatic rings. The first-order chi connectivity index (χ1) is 9.90. The summed E-state index contributed by atoms with van der Waals surface area (Å²) in [6.45, 7) is 7.85. The van der Waals surface area contributed by atoms with Crippen molar-refractivity contribution in [3.05, 3.63) is 40.7 Å². The van der Waals surface area contributed by atoms with E-state index >= 15 is 0 Å². The summed E-state index contributed by atoms with van der Waals surface area (Å²) in [7, 11) is 0. The smallest absolute Gasteiger partial charge is 0.273 e. The lowest BCUT2D eigenvalue weighted by molar-refractivity contribution is 0.0936. The molecule has 2 rings (SSSR count). The second-order valence-corrected chi connectivity index (χ2v) is 5.93. The fraction of sp³-hybridized carbons (Fsp3) is 0.400. The van der Waals surface area contributed by atoms with E-state index in [2.05, 4.69) is 15.6 Å². The summed E-state index contributed by atoms with van der Waals surface area (Å²) in [4.78, 5) is 12.2. The predicted molar refractivity (Wildman–Crippen MR) is 83.1 cm³/mol. The Morgan fingerprint density at radius 2 is 1.81 bits per heavy atom. The summed E-state index contributed by atoms with van der Waals surface area (Å²) in [6.07, 6.45) is 0. The topological polar surface area (TPSA) is 59.8 Å². The highest BCUT2D eigenvalue weighted by Gasteiger charge is 2.23. The van der Waals surface area contributed by atoms with E-state index in [4.69, 9.17) is 11.6 Å². The van der Waals surface area contributed by atoms with Crippen LogP contribution in [0.2, 0.25) is 5.02 Å². The summed E-state index contributed by atoms with van der Waals surface area (Å²) in [5, 5.41) is 11.7. The lowest BCUT2D eigenvalue weighted by Crippen LogP contribution is -2.31. The van der Waals surface area contributed by atoms with Crippen molar-refractivity contribution in [2.75, 3.05) is 0 Å². The predicted octanol–water partition coefficient (Wildman–Crippen LogP) is 3.18. The maximum atomic E-state index is 12.2. The van der Waals surface area contributed by atoms with Crippen LogP contribution in [0.5, 0.6) is 0 Å². The Morgan fingerprint density at radius 1 is 1.19 bits per heavy atom. The molecular formula is C15H19ClN4O. The third-order valence-electron chi connectivity index (χ3n) is 2.96. The van der Waals surface area contributed by atoms with Crippen molar-refractivity contribution in [1.82, 2.24) is 20.3 Å². The van der Waals surface area contributed by atoms with E-state index in [0.29, 0.717) is 10.7 Å². The molecule has 0 radical (unpaired) electrons. The van der Waals surface area contributed by atoms with E-state index < -0.39 is 0 Å². The van der Waals surface area contributed by atoms with Crippen LogP contribution >= 0.6 is 11.6 Å². The standard InChI is InChI=1S/C15H19ClN4O/c1-9(2)14-13(15(21)17-10(3)4)18-19-20(14)12-7-5-11(16)6-8-12/h5-10H,1-4H3,(H,17,21). The number of amides is 1. The van der Waals surface area contributed by atoms with Crippen molar-refractivity contribution >= 4 is 17.5 Å². The van der Waals surface area contributed by atoms with Crippen LogP contribution in [-0.2, 0) is 0 Å². The molecule has 1 amide bonds. The zero-order chi connectivity index (χ0) is 15.6. The van der Waals surface area contributed by atoms with E-state index in [1.165, 1.54) is 0 Å². The van der Waals surface area contributed by atoms with Gasteiger partial charge in [-0.15, -0.1) is 5.10 Å². The fourth-order valence-electron chi connectivity index (χ4n) is 2.07. The van der Waals surface area contributed by atoms with Gasteiger partial charge in [-0.2, -0.15) is 0 Å². The Labute approximate surface area is 129 Å². The minimum atomic E-state index is -0.200. The van der Waals surface area contributed by atoms with Crippen LogP contribution in [0.3, 0.4) is 0 Å². The Balaban J connectivity index is 2.46. The maximum Gasteiger partial charge on any atom is 0.273 e. The van der Waals surface area contributed by atoms with E-state index in [0.717, 1.165) is 11.4 Å². The maximum absolute atomic E-state index is 12.2. The van der Waals surface area contributed by atoms with Crippen molar-refractivity contribution in [2.24, 2.45) is 0 Å². The summed E-state index contributed by atoms with van der Waals surface area (Å²) < 4.78 is 1.69. The molecule has 0 aliphatic rings. The number of carbonyl (C=O) groups excluding carboxylic acids is 1. The highest BCUT2D eigenvalue weighted by Crippen LogP contribution is 2.22. The Morgan fingerprint density at radius 3 is 2.33 bits per heavy atom. The van der Waals surface area contributed by atoms with Crippen LogP contribution in [-0.4, -0.2) is 26.9 Å². The van der Waals surface area contributed by atoms with Crippen molar-refractivity contribution in [2.45, 2.75) is 39.7 Å². The summed E-state index contributed by atoms with van der Waals surface area (Å²) in [5.41, 5.74) is 1.99. The lowest BCUT2D eigenvalue weighted by Gasteiger charge is -2.12. The minimum absolute atomic E-state index is 0.0539. The molecule has 112 valence electrons. The third-order valence-corrected chi connectivity index (χ3v) is 3.21. The van der Waals surface area contributed by atoms with Crippen LogP contribution < -0.4 is 5.32 Å². The van der Waals surface area contributed by atoms with Gasteiger partial charge >= 0.3 is 0 Å². The second kappa shape index (κ2) is 6.26. The molecule has 1 N–H and O–H groups in total. The van der Waals surface area contributed by atoms with Gasteiger partial charge in [-0.05, 0) is 44.0 Å². The number of halogens is 1. The summed E-state index contributed by atoms with van der Waals surface area (Å²) >= 11 is 5.90. The van der Waals surface area contributed by atoms with Crippen molar-refractivity contribution in [3.8, 4) is 5.69 Å². The first-order valence-electron chi connectivity index (χ1n) is 6.92. The normalized spacial score (nSPS) is 11.2. The molecule has 0 unspecified atom stereocenters. The van der Waals surface area contributed by atoms with E-state index in [-0.39, 0.29) is 17.9 Å². The number of carbonyl (C=O) groups is 1.